The molecule has 0 fully saturated rings. The van der Waals surface area contributed by atoms with Crippen LogP contribution in [0.4, 0.5) is 17.6 Å². The number of carbonyl (C=O) groups excluding carboxylic acids is 2. The highest BCUT2D eigenvalue weighted by Gasteiger charge is 2.45. The Labute approximate surface area is 109 Å². The number of nitrogens with one attached hydrogen (secondary N) is 1. The molecule has 0 bridgehead atoms. The Hall–Kier alpha value is -1.63. The zero-order valence-electron chi connectivity index (χ0n) is 9.09. The molecule has 0 spiro atoms. The zero-order chi connectivity index (χ0) is 14.4. The van der Waals surface area contributed by atoms with E-state index in [9.17, 15) is 27.2 Å². The van der Waals surface area contributed by atoms with Crippen molar-refractivity contribution in [3.05, 3.63) is 35.1 Å². The van der Waals surface area contributed by atoms with Crippen molar-refractivity contribution in [2.75, 3.05) is 0 Å². The number of ketones is 1. The van der Waals surface area contributed by atoms with Crippen molar-refractivity contribution in [1.29, 1.82) is 0 Å². The highest BCUT2D eigenvalue weighted by Crippen LogP contribution is 2.35. The van der Waals surface area contributed by atoms with Gasteiger partial charge in [0.2, 0.25) is 0 Å². The van der Waals surface area contributed by atoms with Crippen LogP contribution in [-0.4, -0.2) is 23.2 Å². The molecule has 19 heavy (non-hydrogen) atoms. The van der Waals surface area contributed by atoms with Gasteiger partial charge in [0.1, 0.15) is 11.2 Å². The fourth-order valence-corrected chi connectivity index (χ4v) is 2.16. The van der Waals surface area contributed by atoms with Crippen LogP contribution in [0.5, 0.6) is 0 Å². The number of halogens is 5. The zero-order valence-corrected chi connectivity index (χ0v) is 9.85. The molecule has 0 heterocycles. The van der Waals surface area contributed by atoms with Crippen molar-refractivity contribution in [3.8, 4) is 0 Å². The first kappa shape index (κ1) is 13.8. The van der Waals surface area contributed by atoms with Crippen LogP contribution in [0.25, 0.3) is 0 Å². The number of fused-ring (bicyclic) bond motifs is 1. The molecule has 3 nitrogen and oxygen atoms in total. The van der Waals surface area contributed by atoms with Gasteiger partial charge >= 0.3 is 12.1 Å². The largest absolute Gasteiger partial charge is 0.471 e. The van der Waals surface area contributed by atoms with Gasteiger partial charge in [0.25, 0.3) is 0 Å². The molecule has 0 aromatic heterocycles. The van der Waals surface area contributed by atoms with Crippen LogP contribution in [0.3, 0.4) is 0 Å². The van der Waals surface area contributed by atoms with Crippen molar-refractivity contribution < 1.29 is 27.2 Å². The monoisotopic (exact) mass is 295 g/mol. The molecule has 1 N–H and O–H groups in total. The van der Waals surface area contributed by atoms with Gasteiger partial charge in [-0.2, -0.15) is 13.2 Å². The van der Waals surface area contributed by atoms with E-state index in [1.165, 1.54) is 0 Å². The smallest absolute Gasteiger partial charge is 0.339 e. The predicted octanol–water partition coefficient (Wildman–Crippen LogP) is 2.35. The van der Waals surface area contributed by atoms with E-state index in [4.69, 9.17) is 11.6 Å². The molecule has 8 heteroatoms. The van der Waals surface area contributed by atoms with Gasteiger partial charge in [0.15, 0.2) is 5.78 Å². The fourth-order valence-electron chi connectivity index (χ4n) is 1.84. The highest BCUT2D eigenvalue weighted by atomic mass is 35.5. The average molecular weight is 296 g/mol. The molecule has 0 aliphatic heterocycles. The summed E-state index contributed by atoms with van der Waals surface area (Å²) in [6.45, 7) is 0. The standard InChI is InChI=1S/C11H6ClF4NO2/c12-7-8(17-10(19)11(14,15)16)5-2-1-4(13)3-6(5)9(7)18/h1-3,7-8H,(H,17,19). The van der Waals surface area contributed by atoms with Gasteiger partial charge in [0, 0.05) is 5.56 Å². The normalized spacial score (nSPS) is 22.3. The van der Waals surface area contributed by atoms with Crippen LogP contribution in [0.15, 0.2) is 18.2 Å². The Kier molecular flexibility index (Phi) is 3.25. The molecule has 1 aromatic rings. The van der Waals surface area contributed by atoms with E-state index < -0.39 is 35.1 Å². The molecule has 1 aliphatic carbocycles. The van der Waals surface area contributed by atoms with E-state index in [-0.39, 0.29) is 11.1 Å². The van der Waals surface area contributed by atoms with Crippen LogP contribution in [-0.2, 0) is 4.79 Å². The van der Waals surface area contributed by atoms with E-state index in [1.54, 1.807) is 5.32 Å². The van der Waals surface area contributed by atoms with Crippen LogP contribution in [0.1, 0.15) is 22.0 Å². The third-order valence-corrected chi connectivity index (χ3v) is 3.15. The molecule has 1 aliphatic rings. The minimum atomic E-state index is -5.08. The fraction of sp³-hybridized carbons (Fsp3) is 0.273. The minimum absolute atomic E-state index is 0.0731. The van der Waals surface area contributed by atoms with Crippen molar-refractivity contribution >= 4 is 23.3 Å². The third-order valence-electron chi connectivity index (χ3n) is 2.70. The number of hydrogen-bond acceptors (Lipinski definition) is 2. The second-order valence-electron chi connectivity index (χ2n) is 3.95. The number of alkyl halides is 4. The first-order valence-electron chi connectivity index (χ1n) is 5.07. The first-order valence-corrected chi connectivity index (χ1v) is 5.51. The number of Topliss-reactive ketones (excluding diaryl/α,β-unsaturated/α-hetero) is 1. The third kappa shape index (κ3) is 2.42. The number of hydrogen-bond donors (Lipinski definition) is 1. The van der Waals surface area contributed by atoms with Crippen LogP contribution in [0.2, 0.25) is 0 Å². The molecule has 2 rings (SSSR count). The van der Waals surface area contributed by atoms with Gasteiger partial charge in [0.05, 0.1) is 6.04 Å². The summed E-state index contributed by atoms with van der Waals surface area (Å²) in [5.41, 5.74) is -0.0449. The summed E-state index contributed by atoms with van der Waals surface area (Å²) < 4.78 is 49.5. The quantitative estimate of drug-likeness (QED) is 0.638. The molecular formula is C11H6ClF4NO2. The first-order chi connectivity index (χ1) is 8.71. The Balaban J connectivity index is 2.34. The van der Waals surface area contributed by atoms with Crippen LogP contribution >= 0.6 is 11.6 Å². The van der Waals surface area contributed by atoms with Gasteiger partial charge < -0.3 is 5.32 Å². The summed E-state index contributed by atoms with van der Waals surface area (Å²) in [4.78, 5) is 22.5. The topological polar surface area (TPSA) is 46.2 Å². The average Bonchev–Trinajstić information content (AvgIpc) is 2.53. The maximum absolute atomic E-state index is 13.0. The van der Waals surface area contributed by atoms with Crippen molar-refractivity contribution in [1.82, 2.24) is 5.32 Å². The Morgan fingerprint density at radius 1 is 1.32 bits per heavy atom. The van der Waals surface area contributed by atoms with Crippen molar-refractivity contribution in [2.45, 2.75) is 17.6 Å². The Morgan fingerprint density at radius 3 is 2.53 bits per heavy atom. The SMILES string of the molecule is O=C1c2cc(F)ccc2C(NC(=O)C(F)(F)F)C1Cl. The lowest BCUT2D eigenvalue weighted by Crippen LogP contribution is -2.41. The Morgan fingerprint density at radius 2 is 1.95 bits per heavy atom. The molecule has 2 unspecified atom stereocenters. The second-order valence-corrected chi connectivity index (χ2v) is 4.42. The van der Waals surface area contributed by atoms with Gasteiger partial charge in [-0.05, 0) is 17.7 Å². The van der Waals surface area contributed by atoms with Crippen LogP contribution in [0, 0.1) is 5.82 Å². The molecule has 0 saturated heterocycles. The van der Waals surface area contributed by atoms with E-state index >= 15 is 0 Å². The summed E-state index contributed by atoms with van der Waals surface area (Å²) in [6.07, 6.45) is -5.08. The summed E-state index contributed by atoms with van der Waals surface area (Å²) in [5, 5.41) is 0.249. The predicted molar refractivity (Wildman–Crippen MR) is 57.3 cm³/mol. The molecule has 0 saturated carbocycles. The maximum atomic E-state index is 13.0. The van der Waals surface area contributed by atoms with Gasteiger partial charge in [-0.15, -0.1) is 11.6 Å². The van der Waals surface area contributed by atoms with E-state index in [2.05, 4.69) is 0 Å². The Bertz CT molecular complexity index is 558. The number of carbonyl (C=O) groups is 2. The van der Waals surface area contributed by atoms with Gasteiger partial charge in [-0.1, -0.05) is 6.07 Å². The maximum Gasteiger partial charge on any atom is 0.471 e. The lowest BCUT2D eigenvalue weighted by molar-refractivity contribution is -0.174. The van der Waals surface area contributed by atoms with Gasteiger partial charge in [-0.3, -0.25) is 9.59 Å². The van der Waals surface area contributed by atoms with E-state index in [0.29, 0.717) is 0 Å². The molecule has 102 valence electrons. The van der Waals surface area contributed by atoms with Gasteiger partial charge in [-0.25, -0.2) is 4.39 Å². The molecule has 1 amide bonds. The second kappa shape index (κ2) is 4.48. The molecule has 1 aromatic carbocycles. The van der Waals surface area contributed by atoms with E-state index in [1.807, 2.05) is 0 Å². The summed E-state index contributed by atoms with van der Waals surface area (Å²) in [7, 11) is 0. The number of rotatable bonds is 1. The molecular weight excluding hydrogens is 290 g/mol. The summed E-state index contributed by atoms with van der Waals surface area (Å²) >= 11 is 5.69. The molecule has 2 atom stereocenters. The lowest BCUT2D eigenvalue weighted by Gasteiger charge is -2.17. The molecule has 0 radical (unpaired) electrons. The summed E-state index contributed by atoms with van der Waals surface area (Å²) in [6, 6.07) is 1.67. The minimum Gasteiger partial charge on any atom is -0.339 e. The van der Waals surface area contributed by atoms with E-state index in [0.717, 1.165) is 18.2 Å². The number of benzene rings is 1. The van der Waals surface area contributed by atoms with Crippen LogP contribution < -0.4 is 5.32 Å². The number of amides is 1. The highest BCUT2D eigenvalue weighted by molar-refractivity contribution is 6.36. The van der Waals surface area contributed by atoms with Crippen molar-refractivity contribution in [2.24, 2.45) is 0 Å². The van der Waals surface area contributed by atoms with Crippen molar-refractivity contribution in [3.63, 3.8) is 0 Å². The summed E-state index contributed by atoms with van der Waals surface area (Å²) in [5.74, 6) is -3.63. The lowest BCUT2D eigenvalue weighted by atomic mass is 10.1.